The molecular formula is C57H34N4O2. The Morgan fingerprint density at radius 2 is 0.778 bits per heavy atom. The Labute approximate surface area is 361 Å². The van der Waals surface area contributed by atoms with Gasteiger partial charge in [0.1, 0.15) is 22.3 Å². The van der Waals surface area contributed by atoms with Crippen LogP contribution in [0, 0.1) is 0 Å². The van der Waals surface area contributed by atoms with Gasteiger partial charge in [0.2, 0.25) is 0 Å². The Morgan fingerprint density at radius 3 is 1.48 bits per heavy atom. The van der Waals surface area contributed by atoms with Gasteiger partial charge in [0.25, 0.3) is 0 Å². The van der Waals surface area contributed by atoms with Crippen molar-refractivity contribution >= 4 is 65.7 Å². The third kappa shape index (κ3) is 5.69. The molecule has 0 saturated carbocycles. The second-order valence-electron chi connectivity index (χ2n) is 15.9. The second kappa shape index (κ2) is 14.0. The van der Waals surface area contributed by atoms with Gasteiger partial charge in [-0.25, -0.2) is 15.0 Å². The van der Waals surface area contributed by atoms with Crippen LogP contribution in [0.25, 0.3) is 128 Å². The molecule has 4 heterocycles. The van der Waals surface area contributed by atoms with Gasteiger partial charge in [-0.2, -0.15) is 0 Å². The van der Waals surface area contributed by atoms with Crippen molar-refractivity contribution in [1.82, 2.24) is 19.5 Å². The molecule has 0 bridgehead atoms. The number of benzene rings is 9. The quantitative estimate of drug-likeness (QED) is 0.167. The first kappa shape index (κ1) is 35.2. The van der Waals surface area contributed by atoms with Gasteiger partial charge in [-0.05, 0) is 77.4 Å². The molecule has 0 fully saturated rings. The molecule has 9 aromatic carbocycles. The van der Waals surface area contributed by atoms with Crippen LogP contribution in [0.2, 0.25) is 0 Å². The van der Waals surface area contributed by atoms with Crippen LogP contribution < -0.4 is 0 Å². The summed E-state index contributed by atoms with van der Waals surface area (Å²) < 4.78 is 15.4. The van der Waals surface area contributed by atoms with Crippen LogP contribution >= 0.6 is 0 Å². The van der Waals surface area contributed by atoms with Crippen LogP contribution in [0.3, 0.4) is 0 Å². The zero-order valence-corrected chi connectivity index (χ0v) is 33.7. The molecule has 0 radical (unpaired) electrons. The molecule has 0 aliphatic carbocycles. The van der Waals surface area contributed by atoms with Gasteiger partial charge in [0.15, 0.2) is 17.5 Å². The smallest absolute Gasteiger partial charge is 0.164 e. The van der Waals surface area contributed by atoms with Crippen molar-refractivity contribution in [2.24, 2.45) is 0 Å². The maximum Gasteiger partial charge on any atom is 0.164 e. The van der Waals surface area contributed by atoms with Crippen LogP contribution in [-0.4, -0.2) is 19.5 Å². The number of para-hydroxylation sites is 4. The lowest BCUT2D eigenvalue weighted by Crippen LogP contribution is -2.00. The number of aromatic nitrogens is 4. The number of furan rings is 2. The van der Waals surface area contributed by atoms with Crippen LogP contribution in [0.1, 0.15) is 0 Å². The van der Waals surface area contributed by atoms with Gasteiger partial charge < -0.3 is 13.4 Å². The van der Waals surface area contributed by atoms with Crippen LogP contribution in [0.15, 0.2) is 215 Å². The van der Waals surface area contributed by atoms with Crippen LogP contribution in [0.5, 0.6) is 0 Å². The third-order valence-electron chi connectivity index (χ3n) is 12.3. The van der Waals surface area contributed by atoms with E-state index < -0.39 is 0 Å². The monoisotopic (exact) mass is 806 g/mol. The molecule has 0 aliphatic heterocycles. The van der Waals surface area contributed by atoms with Crippen molar-refractivity contribution in [3.8, 4) is 62.1 Å². The van der Waals surface area contributed by atoms with Gasteiger partial charge >= 0.3 is 0 Å². The average molecular weight is 807 g/mol. The van der Waals surface area contributed by atoms with Crippen molar-refractivity contribution in [2.45, 2.75) is 0 Å². The summed E-state index contributed by atoms with van der Waals surface area (Å²) in [6, 6.07) is 71.7. The Morgan fingerprint density at radius 1 is 0.302 bits per heavy atom. The zero-order valence-electron chi connectivity index (χ0n) is 33.7. The highest BCUT2D eigenvalue weighted by Gasteiger charge is 2.20. The molecule has 0 unspecified atom stereocenters. The minimum Gasteiger partial charge on any atom is -0.456 e. The van der Waals surface area contributed by atoms with E-state index in [9.17, 15) is 0 Å². The summed E-state index contributed by atoms with van der Waals surface area (Å²) in [5.74, 6) is 1.71. The summed E-state index contributed by atoms with van der Waals surface area (Å²) in [5.41, 5.74) is 13.8. The summed E-state index contributed by atoms with van der Waals surface area (Å²) in [5, 5.41) is 6.66. The molecule has 294 valence electrons. The lowest BCUT2D eigenvalue weighted by atomic mass is 9.92. The minimum absolute atomic E-state index is 0.558. The predicted molar refractivity (Wildman–Crippen MR) is 256 cm³/mol. The normalized spacial score (nSPS) is 11.8. The van der Waals surface area contributed by atoms with E-state index in [0.29, 0.717) is 17.5 Å². The summed E-state index contributed by atoms with van der Waals surface area (Å²) in [7, 11) is 0. The van der Waals surface area contributed by atoms with Crippen molar-refractivity contribution in [3.05, 3.63) is 206 Å². The molecule has 0 aliphatic rings. The second-order valence-corrected chi connectivity index (χ2v) is 15.9. The Bertz CT molecular complexity index is 3920. The molecule has 0 saturated heterocycles. The molecule has 0 amide bonds. The highest BCUT2D eigenvalue weighted by molar-refractivity contribution is 6.15. The standard InChI is InChI=1S/C57H34N4O2/c1-3-14-35(15-4-1)55-58-56(37-27-30-44-43-21-10-12-25-50(43)62-52(44)33-37)60-57(59-55)38-28-31-46-45-29-26-36(32-51(45)63-53(46)34-38)40-18-7-8-19-41(40)47-22-13-23-48-42-20-9-11-24-49(42)61(54(47)48)39-16-5-2-6-17-39/h1-34H. The van der Waals surface area contributed by atoms with E-state index in [2.05, 4.69) is 150 Å². The molecule has 13 rings (SSSR count). The van der Waals surface area contributed by atoms with Crippen LogP contribution in [0.4, 0.5) is 0 Å². The van der Waals surface area contributed by atoms with E-state index in [1.54, 1.807) is 0 Å². The minimum atomic E-state index is 0.558. The molecule has 0 spiro atoms. The number of rotatable bonds is 6. The zero-order chi connectivity index (χ0) is 41.4. The van der Waals surface area contributed by atoms with Gasteiger partial charge in [-0.1, -0.05) is 146 Å². The predicted octanol–water partition coefficient (Wildman–Crippen LogP) is 15.1. The molecule has 0 atom stereocenters. The molecule has 6 nitrogen and oxygen atoms in total. The summed E-state index contributed by atoms with van der Waals surface area (Å²) in [6.07, 6.45) is 0. The molecule has 6 heteroatoms. The lowest BCUT2D eigenvalue weighted by molar-refractivity contribution is 0.669. The van der Waals surface area contributed by atoms with Crippen molar-refractivity contribution in [3.63, 3.8) is 0 Å². The van der Waals surface area contributed by atoms with E-state index >= 15 is 0 Å². The Hall–Kier alpha value is -8.61. The van der Waals surface area contributed by atoms with E-state index in [0.717, 1.165) is 82.9 Å². The number of hydrogen-bond donors (Lipinski definition) is 0. The van der Waals surface area contributed by atoms with Crippen LogP contribution in [-0.2, 0) is 0 Å². The highest BCUT2D eigenvalue weighted by atomic mass is 16.3. The van der Waals surface area contributed by atoms with Crippen molar-refractivity contribution < 1.29 is 8.83 Å². The Balaban J connectivity index is 0.927. The number of hydrogen-bond acceptors (Lipinski definition) is 5. The highest BCUT2D eigenvalue weighted by Crippen LogP contribution is 2.43. The van der Waals surface area contributed by atoms with Gasteiger partial charge in [0, 0.05) is 60.3 Å². The first-order valence-electron chi connectivity index (χ1n) is 21.1. The Kier molecular flexibility index (Phi) is 7.80. The molecule has 0 N–H and O–H groups in total. The maximum absolute atomic E-state index is 6.73. The lowest BCUT2D eigenvalue weighted by Gasteiger charge is -2.15. The third-order valence-corrected chi connectivity index (χ3v) is 12.3. The summed E-state index contributed by atoms with van der Waals surface area (Å²) >= 11 is 0. The van der Waals surface area contributed by atoms with Gasteiger partial charge in [0.05, 0.1) is 11.0 Å². The fourth-order valence-corrected chi connectivity index (χ4v) is 9.35. The van der Waals surface area contributed by atoms with E-state index in [4.69, 9.17) is 23.8 Å². The topological polar surface area (TPSA) is 69.9 Å². The summed E-state index contributed by atoms with van der Waals surface area (Å²) in [4.78, 5) is 15.1. The van der Waals surface area contributed by atoms with E-state index in [1.807, 2.05) is 60.7 Å². The molecule has 13 aromatic rings. The summed E-state index contributed by atoms with van der Waals surface area (Å²) in [6.45, 7) is 0. The van der Waals surface area contributed by atoms with Crippen molar-refractivity contribution in [1.29, 1.82) is 0 Å². The number of fused-ring (bicyclic) bond motifs is 9. The largest absolute Gasteiger partial charge is 0.456 e. The first-order valence-corrected chi connectivity index (χ1v) is 21.1. The van der Waals surface area contributed by atoms with E-state index in [1.165, 1.54) is 27.4 Å². The van der Waals surface area contributed by atoms with Gasteiger partial charge in [-0.15, -0.1) is 0 Å². The fraction of sp³-hybridized carbons (Fsp3) is 0. The van der Waals surface area contributed by atoms with Gasteiger partial charge in [-0.3, -0.25) is 0 Å². The number of nitrogens with zero attached hydrogens (tertiary/aromatic N) is 4. The van der Waals surface area contributed by atoms with E-state index in [-0.39, 0.29) is 0 Å². The molecular weight excluding hydrogens is 773 g/mol. The molecule has 63 heavy (non-hydrogen) atoms. The SMILES string of the molecule is c1ccc(-c2nc(-c3ccc4c(c3)oc3ccccc34)nc(-c3ccc4c(c3)oc3cc(-c5ccccc5-c5cccc6c7ccccc7n(-c7ccccc7)c56)ccc34)n2)cc1. The average Bonchev–Trinajstić information content (AvgIpc) is 4.03. The fourth-order valence-electron chi connectivity index (χ4n) is 9.35. The van der Waals surface area contributed by atoms with Crippen molar-refractivity contribution in [2.75, 3.05) is 0 Å². The molecule has 4 aromatic heterocycles. The first-order chi connectivity index (χ1) is 31.2. The maximum atomic E-state index is 6.73.